The molecule has 9 nitrogen and oxygen atoms in total. The molecular weight excluding hydrogens is 575 g/mol. The number of methoxy groups -OCH3 is 1. The summed E-state index contributed by atoms with van der Waals surface area (Å²) in [6, 6.07) is 18.6. The van der Waals surface area contributed by atoms with Gasteiger partial charge in [0.25, 0.3) is 0 Å². The Morgan fingerprint density at radius 2 is 1.66 bits per heavy atom. The summed E-state index contributed by atoms with van der Waals surface area (Å²) in [4.78, 5) is 25.9. The first kappa shape index (κ1) is 32.2. The second-order valence-electron chi connectivity index (χ2n) is 11.5. The monoisotopic (exact) mass is 611 g/mol. The molecule has 1 radical (unpaired) electrons. The smallest absolute Gasteiger partial charge is 0.337 e. The average molecular weight is 612 g/mol. The van der Waals surface area contributed by atoms with Gasteiger partial charge in [-0.25, -0.2) is 4.79 Å². The fourth-order valence-electron chi connectivity index (χ4n) is 7.19. The van der Waals surface area contributed by atoms with E-state index in [1.165, 1.54) is 0 Å². The van der Waals surface area contributed by atoms with Crippen molar-refractivity contribution in [3.8, 4) is 23.0 Å². The van der Waals surface area contributed by atoms with E-state index in [1.807, 2.05) is 61.5 Å². The van der Waals surface area contributed by atoms with Crippen molar-refractivity contribution in [2.45, 2.75) is 50.0 Å². The van der Waals surface area contributed by atoms with Gasteiger partial charge in [0.2, 0.25) is 6.79 Å². The summed E-state index contributed by atoms with van der Waals surface area (Å²) in [6.45, 7) is 2.63. The maximum atomic E-state index is 13.8. The first-order valence-electron chi connectivity index (χ1n) is 14.7. The molecule has 4 atom stereocenters. The molecule has 1 aliphatic heterocycles. The molecular formula is C34H36NaO9. The molecule has 0 spiro atoms. The quantitative estimate of drug-likeness (QED) is 0.287. The Bertz CT molecular complexity index is 1520. The van der Waals surface area contributed by atoms with Gasteiger partial charge in [-0.1, -0.05) is 37.6 Å². The Balaban J connectivity index is 0.00000384. The number of benzene rings is 3. The Hall–Kier alpha value is -3.24. The van der Waals surface area contributed by atoms with Gasteiger partial charge < -0.3 is 33.9 Å². The van der Waals surface area contributed by atoms with Crippen LogP contribution in [-0.2, 0) is 26.2 Å². The van der Waals surface area contributed by atoms with Crippen LogP contribution in [0.4, 0.5) is 0 Å². The summed E-state index contributed by atoms with van der Waals surface area (Å²) in [5.74, 6) is -0.523. The minimum Gasteiger partial charge on any atom is -0.497 e. The minimum absolute atomic E-state index is 0. The van der Waals surface area contributed by atoms with Gasteiger partial charge in [0.1, 0.15) is 11.5 Å². The predicted octanol–water partition coefficient (Wildman–Crippen LogP) is 5.06. The van der Waals surface area contributed by atoms with E-state index in [4.69, 9.17) is 23.7 Å². The molecule has 1 fully saturated rings. The van der Waals surface area contributed by atoms with Crippen molar-refractivity contribution < 1.29 is 43.5 Å². The number of aliphatic carboxylic acids is 2. The number of rotatable bonds is 11. The van der Waals surface area contributed by atoms with E-state index in [2.05, 4.69) is 0 Å². The molecule has 3 aromatic rings. The predicted molar refractivity (Wildman–Crippen MR) is 162 cm³/mol. The summed E-state index contributed by atoms with van der Waals surface area (Å²) in [5, 5.41) is 21.2. The Morgan fingerprint density at radius 3 is 2.36 bits per heavy atom. The van der Waals surface area contributed by atoms with Crippen LogP contribution >= 0.6 is 0 Å². The van der Waals surface area contributed by atoms with Crippen LogP contribution < -0.4 is 18.9 Å². The first-order valence-corrected chi connectivity index (χ1v) is 14.7. The van der Waals surface area contributed by atoms with Gasteiger partial charge in [-0.2, -0.15) is 0 Å². The number of hydrogen-bond acceptors (Lipinski definition) is 7. The molecule has 0 amide bonds. The van der Waals surface area contributed by atoms with Crippen LogP contribution in [0, 0.1) is 11.8 Å². The van der Waals surface area contributed by atoms with Crippen molar-refractivity contribution in [1.82, 2.24) is 0 Å². The largest absolute Gasteiger partial charge is 0.497 e. The third-order valence-electron chi connectivity index (χ3n) is 9.19. The molecule has 0 bridgehead atoms. The average Bonchev–Trinajstić information content (AvgIpc) is 3.75. The van der Waals surface area contributed by atoms with Gasteiger partial charge in [0.05, 0.1) is 31.7 Å². The molecule has 1 heterocycles. The molecule has 6 rings (SSSR count). The Morgan fingerprint density at radius 1 is 0.932 bits per heavy atom. The summed E-state index contributed by atoms with van der Waals surface area (Å²) in [7, 11) is 1.58. The van der Waals surface area contributed by atoms with Crippen LogP contribution in [0.15, 0.2) is 60.7 Å². The van der Waals surface area contributed by atoms with Gasteiger partial charge >= 0.3 is 11.9 Å². The molecule has 3 aliphatic rings. The number of carboxylic acid groups (broad SMARTS) is 2. The van der Waals surface area contributed by atoms with Crippen molar-refractivity contribution in [2.24, 2.45) is 11.8 Å². The van der Waals surface area contributed by atoms with Crippen LogP contribution in [-0.4, -0.2) is 84.4 Å². The Kier molecular flexibility index (Phi) is 9.51. The molecule has 2 N–H and O–H groups in total. The SMILES string of the molecule is CCCOc1ccc2c(c1)CC(OCC1CCCC1C(=O)O)(C(=O)O)C2(c1ccc(OC)cc1)c1ccc2c(c1)OCO2.[Na]. The first-order chi connectivity index (χ1) is 20.8. The van der Waals surface area contributed by atoms with E-state index >= 15 is 0 Å². The fourth-order valence-corrected chi connectivity index (χ4v) is 7.19. The molecule has 0 saturated heterocycles. The maximum Gasteiger partial charge on any atom is 0.337 e. The van der Waals surface area contributed by atoms with Gasteiger partial charge in [0.15, 0.2) is 17.1 Å². The zero-order valence-electron chi connectivity index (χ0n) is 25.3. The van der Waals surface area contributed by atoms with Gasteiger partial charge in [0, 0.05) is 36.0 Å². The summed E-state index contributed by atoms with van der Waals surface area (Å²) in [5.41, 5.74) is -0.271. The molecule has 4 unspecified atom stereocenters. The topological polar surface area (TPSA) is 121 Å². The summed E-state index contributed by atoms with van der Waals surface area (Å²) >= 11 is 0. The summed E-state index contributed by atoms with van der Waals surface area (Å²) in [6.07, 6.45) is 2.85. The number of carbonyl (C=O) groups is 2. The van der Waals surface area contributed by atoms with Crippen LogP contribution in [0.3, 0.4) is 0 Å². The molecule has 1 saturated carbocycles. The molecule has 3 aromatic carbocycles. The van der Waals surface area contributed by atoms with E-state index in [1.54, 1.807) is 13.2 Å². The minimum atomic E-state index is -1.83. The van der Waals surface area contributed by atoms with Crippen molar-refractivity contribution in [1.29, 1.82) is 0 Å². The molecule has 10 heteroatoms. The molecule has 0 aromatic heterocycles. The van der Waals surface area contributed by atoms with Crippen molar-refractivity contribution in [2.75, 3.05) is 27.1 Å². The summed E-state index contributed by atoms with van der Waals surface area (Å²) < 4.78 is 29.5. The van der Waals surface area contributed by atoms with Gasteiger partial charge in [-0.3, -0.25) is 4.79 Å². The second kappa shape index (κ2) is 13.0. The molecule has 44 heavy (non-hydrogen) atoms. The van der Waals surface area contributed by atoms with E-state index < -0.39 is 28.9 Å². The van der Waals surface area contributed by atoms with Gasteiger partial charge in [-0.15, -0.1) is 0 Å². The van der Waals surface area contributed by atoms with Crippen LogP contribution in [0.1, 0.15) is 54.9 Å². The van der Waals surface area contributed by atoms with Crippen LogP contribution in [0.5, 0.6) is 23.0 Å². The van der Waals surface area contributed by atoms with Crippen molar-refractivity contribution >= 4 is 41.5 Å². The van der Waals surface area contributed by atoms with Crippen LogP contribution in [0.2, 0.25) is 0 Å². The number of ether oxygens (including phenoxy) is 5. The molecule has 2 aliphatic carbocycles. The standard InChI is InChI=1S/C34H36O9.Na/c1-3-15-40-26-12-13-28-22(16-26)18-33(32(37)38,43-19-21-5-4-6-27(21)31(35)36)34(28,23-7-10-25(39-2)11-8-23)24-9-14-29-30(17-24)42-20-41-29;/h7-14,16-17,21,27H,3-6,15,18-20H2,1-2H3,(H,35,36)(H,37,38);. The second-order valence-corrected chi connectivity index (χ2v) is 11.5. The number of fused-ring (bicyclic) bond motifs is 2. The third-order valence-corrected chi connectivity index (χ3v) is 9.19. The van der Waals surface area contributed by atoms with Crippen molar-refractivity contribution in [3.05, 3.63) is 82.9 Å². The Labute approximate surface area is 278 Å². The number of hydrogen-bond donors (Lipinski definition) is 2. The normalized spacial score (nSPS) is 24.8. The molecule has 227 valence electrons. The van der Waals surface area contributed by atoms with E-state index in [9.17, 15) is 19.8 Å². The zero-order valence-corrected chi connectivity index (χ0v) is 27.3. The van der Waals surface area contributed by atoms with Crippen molar-refractivity contribution in [3.63, 3.8) is 0 Å². The third kappa shape index (κ3) is 5.23. The van der Waals surface area contributed by atoms with E-state index in [-0.39, 0.29) is 55.3 Å². The van der Waals surface area contributed by atoms with E-state index in [0.717, 1.165) is 24.0 Å². The van der Waals surface area contributed by atoms with Gasteiger partial charge in [-0.05, 0) is 83.8 Å². The van der Waals surface area contributed by atoms with Crippen LogP contribution in [0.25, 0.3) is 0 Å². The fraction of sp³-hybridized carbons (Fsp3) is 0.412. The number of carboxylic acids is 2. The maximum absolute atomic E-state index is 13.8. The zero-order chi connectivity index (χ0) is 30.2. The van der Waals surface area contributed by atoms with E-state index in [0.29, 0.717) is 53.6 Å².